The van der Waals surface area contributed by atoms with Crippen molar-refractivity contribution in [3.8, 4) is 0 Å². The van der Waals surface area contributed by atoms with Gasteiger partial charge in [-0.05, 0) is 78.2 Å². The predicted molar refractivity (Wildman–Crippen MR) is 172 cm³/mol. The van der Waals surface area contributed by atoms with Crippen LogP contribution in [-0.4, -0.2) is 11.6 Å². The fourth-order valence-corrected chi connectivity index (χ4v) is 9.67. The van der Waals surface area contributed by atoms with Crippen molar-refractivity contribution in [1.29, 1.82) is 0 Å². The van der Waals surface area contributed by atoms with Crippen LogP contribution in [-0.2, 0) is 10.8 Å². The molecule has 0 atom stereocenters. The van der Waals surface area contributed by atoms with Crippen molar-refractivity contribution in [1.82, 2.24) is 0 Å². The molecule has 0 radical (unpaired) electrons. The van der Waals surface area contributed by atoms with Crippen molar-refractivity contribution in [2.45, 2.75) is 10.8 Å². The lowest BCUT2D eigenvalue weighted by Gasteiger charge is -2.60. The lowest BCUT2D eigenvalue weighted by molar-refractivity contribution is 0.101. The van der Waals surface area contributed by atoms with Crippen molar-refractivity contribution in [2.24, 2.45) is 0 Å². The summed E-state index contributed by atoms with van der Waals surface area (Å²) in [4.78, 5) is 29.3. The van der Waals surface area contributed by atoms with Crippen LogP contribution in [0, 0.1) is 0 Å². The molecule has 12 rings (SSSR count). The van der Waals surface area contributed by atoms with E-state index in [0.29, 0.717) is 11.1 Å². The smallest absolute Gasteiger partial charge is 0.193 e. The zero-order valence-electron chi connectivity index (χ0n) is 23.5. The van der Waals surface area contributed by atoms with Gasteiger partial charge in [-0.3, -0.25) is 9.59 Å². The molecule has 7 aromatic carbocycles. The first kappa shape index (κ1) is 22.9. The highest BCUT2D eigenvalue weighted by molar-refractivity contribution is 6.23. The molecule has 0 N–H and O–H groups in total. The zero-order valence-corrected chi connectivity index (χ0v) is 23.5. The Morgan fingerprint density at radius 1 is 0.318 bits per heavy atom. The van der Waals surface area contributed by atoms with Gasteiger partial charge in [0.05, 0.1) is 10.8 Å². The van der Waals surface area contributed by atoms with Gasteiger partial charge in [0.1, 0.15) is 0 Å². The fourth-order valence-electron chi connectivity index (χ4n) is 9.67. The Morgan fingerprint density at radius 3 is 1.05 bits per heavy atom. The number of hydrogen-bond acceptors (Lipinski definition) is 2. The van der Waals surface area contributed by atoms with E-state index in [4.69, 9.17) is 0 Å². The summed E-state index contributed by atoms with van der Waals surface area (Å²) in [6, 6.07) is 46.5. The van der Waals surface area contributed by atoms with E-state index in [1.165, 1.54) is 22.3 Å². The lowest BCUT2D eigenvalue weighted by Crippen LogP contribution is -2.56. The second-order valence-electron chi connectivity index (χ2n) is 12.6. The van der Waals surface area contributed by atoms with E-state index in [1.54, 1.807) is 0 Å². The van der Waals surface area contributed by atoms with Crippen LogP contribution in [0.3, 0.4) is 0 Å². The summed E-state index contributed by atoms with van der Waals surface area (Å²) in [6.07, 6.45) is 0. The van der Waals surface area contributed by atoms with E-state index in [1.807, 2.05) is 24.3 Å². The van der Waals surface area contributed by atoms with Crippen LogP contribution < -0.4 is 0 Å². The predicted octanol–water partition coefficient (Wildman–Crippen LogP) is 8.47. The zero-order chi connectivity index (χ0) is 28.9. The standard InChI is InChI=1S/C42H22O2/c43-39-27-19-17-23-9-1-3-11-25(23)35(27)41-31-13-5-7-15-33(31)42(34-16-8-6-14-32(34)41)36-26-12-4-2-10-24(26)18-20-28(36)40(44)30-22-21-29(39)37(41)38(30)42/h1-22H. The molecule has 5 aliphatic carbocycles. The Labute approximate surface area is 253 Å². The minimum absolute atomic E-state index is 0.0306. The van der Waals surface area contributed by atoms with Crippen LogP contribution in [0.25, 0.3) is 21.5 Å². The number of rotatable bonds is 0. The van der Waals surface area contributed by atoms with Gasteiger partial charge in [-0.15, -0.1) is 0 Å². The van der Waals surface area contributed by atoms with Crippen LogP contribution in [0.15, 0.2) is 133 Å². The van der Waals surface area contributed by atoms with Crippen molar-refractivity contribution in [3.63, 3.8) is 0 Å². The third kappa shape index (κ3) is 2.16. The number of ketones is 2. The minimum atomic E-state index is -0.748. The SMILES string of the molecule is O=C1c2ccc3c4c2C2(c5ccccc5C4(c4ccccc42)c2c(ccc4ccccc24)C3=O)c2c1ccc1ccccc21. The van der Waals surface area contributed by atoms with Gasteiger partial charge in [0.15, 0.2) is 11.6 Å². The molecule has 0 saturated heterocycles. The van der Waals surface area contributed by atoms with Crippen LogP contribution >= 0.6 is 0 Å². The van der Waals surface area contributed by atoms with E-state index in [0.717, 1.165) is 54.9 Å². The van der Waals surface area contributed by atoms with E-state index >= 15 is 0 Å². The molecule has 7 aromatic rings. The molecular formula is C42H22O2. The molecule has 2 heteroatoms. The maximum absolute atomic E-state index is 14.7. The summed E-state index contributed by atoms with van der Waals surface area (Å²) < 4.78 is 0. The van der Waals surface area contributed by atoms with Gasteiger partial charge in [0.25, 0.3) is 0 Å². The highest BCUT2D eigenvalue weighted by Gasteiger charge is 2.66. The van der Waals surface area contributed by atoms with Crippen LogP contribution in [0.4, 0.5) is 0 Å². The third-order valence-electron chi connectivity index (χ3n) is 11.0. The minimum Gasteiger partial charge on any atom is -0.289 e. The molecule has 0 heterocycles. The number of carbonyl (C=O) groups is 2. The van der Waals surface area contributed by atoms with Gasteiger partial charge >= 0.3 is 0 Å². The number of benzene rings is 7. The molecule has 5 aliphatic rings. The molecule has 0 aromatic heterocycles. The molecule has 0 saturated carbocycles. The van der Waals surface area contributed by atoms with E-state index in [9.17, 15) is 9.59 Å². The Kier molecular flexibility index (Phi) is 3.80. The molecule has 2 bridgehead atoms. The summed E-state index contributed by atoms with van der Waals surface area (Å²) in [5.41, 5.74) is 10.2. The number of carbonyl (C=O) groups excluding carboxylic acids is 2. The van der Waals surface area contributed by atoms with Crippen molar-refractivity contribution < 1.29 is 9.59 Å². The lowest BCUT2D eigenvalue weighted by atomic mass is 9.40. The Bertz CT molecular complexity index is 2330. The molecule has 0 unspecified atom stereocenters. The number of fused-ring (bicyclic) bond motifs is 6. The average Bonchev–Trinajstić information content (AvgIpc) is 3.09. The summed E-state index contributed by atoms with van der Waals surface area (Å²) in [5, 5.41) is 4.36. The maximum atomic E-state index is 14.7. The summed E-state index contributed by atoms with van der Waals surface area (Å²) in [5.74, 6) is 0.0611. The van der Waals surface area contributed by atoms with Gasteiger partial charge in [-0.25, -0.2) is 0 Å². The fraction of sp³-hybridized carbons (Fsp3) is 0.0476. The molecule has 2 spiro atoms. The quantitative estimate of drug-likeness (QED) is 0.187. The molecule has 0 amide bonds. The first-order chi connectivity index (χ1) is 21.7. The van der Waals surface area contributed by atoms with Crippen LogP contribution in [0.2, 0.25) is 0 Å². The molecular weight excluding hydrogens is 536 g/mol. The van der Waals surface area contributed by atoms with E-state index in [-0.39, 0.29) is 11.6 Å². The Balaban J connectivity index is 1.49. The van der Waals surface area contributed by atoms with Gasteiger partial charge in [-0.1, -0.05) is 121 Å². The van der Waals surface area contributed by atoms with Gasteiger partial charge in [0.2, 0.25) is 0 Å². The second-order valence-corrected chi connectivity index (χ2v) is 12.6. The largest absolute Gasteiger partial charge is 0.289 e. The maximum Gasteiger partial charge on any atom is 0.193 e. The highest BCUT2D eigenvalue weighted by atomic mass is 16.1. The normalized spacial score (nSPS) is 21.0. The summed E-state index contributed by atoms with van der Waals surface area (Å²) in [6.45, 7) is 0. The average molecular weight is 559 g/mol. The third-order valence-corrected chi connectivity index (χ3v) is 11.0. The molecule has 0 aliphatic heterocycles. The molecule has 0 fully saturated rings. The highest BCUT2D eigenvalue weighted by Crippen LogP contribution is 2.71. The molecule has 2 nitrogen and oxygen atoms in total. The second kappa shape index (κ2) is 7.30. The van der Waals surface area contributed by atoms with Crippen molar-refractivity contribution in [3.05, 3.63) is 200 Å². The summed E-state index contributed by atoms with van der Waals surface area (Å²) >= 11 is 0. The molecule has 44 heavy (non-hydrogen) atoms. The van der Waals surface area contributed by atoms with Gasteiger partial charge < -0.3 is 0 Å². The number of hydrogen-bond donors (Lipinski definition) is 0. The monoisotopic (exact) mass is 558 g/mol. The molecule has 202 valence electrons. The van der Waals surface area contributed by atoms with Crippen molar-refractivity contribution >= 4 is 33.1 Å². The Morgan fingerprint density at radius 2 is 0.636 bits per heavy atom. The van der Waals surface area contributed by atoms with E-state index < -0.39 is 10.8 Å². The topological polar surface area (TPSA) is 34.1 Å². The van der Waals surface area contributed by atoms with Crippen molar-refractivity contribution in [2.75, 3.05) is 0 Å². The first-order valence-corrected chi connectivity index (χ1v) is 15.2. The Hall–Kier alpha value is -5.60. The first-order valence-electron chi connectivity index (χ1n) is 15.2. The summed E-state index contributed by atoms with van der Waals surface area (Å²) in [7, 11) is 0. The van der Waals surface area contributed by atoms with Gasteiger partial charge in [-0.2, -0.15) is 0 Å². The van der Waals surface area contributed by atoms with E-state index in [2.05, 4.69) is 109 Å². The van der Waals surface area contributed by atoms with Crippen LogP contribution in [0.5, 0.6) is 0 Å². The van der Waals surface area contributed by atoms with Crippen LogP contribution in [0.1, 0.15) is 76.4 Å². The van der Waals surface area contributed by atoms with Gasteiger partial charge in [0, 0.05) is 22.3 Å².